The van der Waals surface area contributed by atoms with E-state index < -0.39 is 0 Å². The summed E-state index contributed by atoms with van der Waals surface area (Å²) in [5.74, 6) is 0. The van der Waals surface area contributed by atoms with Gasteiger partial charge in [-0.3, -0.25) is 0 Å². The molecule has 4 aromatic heterocycles. The molecule has 11 rings (SSSR count). The molecule has 7 aromatic carbocycles. The molecule has 0 bridgehead atoms. The number of pyridine rings is 3. The van der Waals surface area contributed by atoms with Crippen LogP contribution in [0.15, 0.2) is 206 Å². The quantitative estimate of drug-likeness (QED) is 0.160. The van der Waals surface area contributed by atoms with Crippen molar-refractivity contribution in [2.75, 3.05) is 0 Å². The van der Waals surface area contributed by atoms with E-state index in [4.69, 9.17) is 15.1 Å². The Labute approximate surface area is 330 Å². The third kappa shape index (κ3) is 5.58. The number of fused-ring (bicyclic) bond motifs is 6. The van der Waals surface area contributed by atoms with Gasteiger partial charge in [0.2, 0.25) is 0 Å². The Morgan fingerprint density at radius 3 is 1.32 bits per heavy atom. The maximum atomic E-state index is 5.52. The monoisotopic (exact) mass is 726 g/mol. The molecule has 11 aromatic rings. The molecular formula is C53H34N4. The van der Waals surface area contributed by atoms with Crippen LogP contribution in [0.25, 0.3) is 105 Å². The maximum Gasteiger partial charge on any atom is 0.101 e. The van der Waals surface area contributed by atoms with E-state index in [0.717, 1.165) is 100.0 Å². The zero-order valence-corrected chi connectivity index (χ0v) is 30.9. The lowest BCUT2D eigenvalue weighted by atomic mass is 9.91. The summed E-state index contributed by atoms with van der Waals surface area (Å²) in [5, 5.41) is 9.97. The van der Waals surface area contributed by atoms with Gasteiger partial charge in [-0.1, -0.05) is 194 Å². The summed E-state index contributed by atoms with van der Waals surface area (Å²) in [7, 11) is 0. The smallest absolute Gasteiger partial charge is 0.101 e. The van der Waals surface area contributed by atoms with Crippen LogP contribution in [0.4, 0.5) is 0 Å². The summed E-state index contributed by atoms with van der Waals surface area (Å²) in [5.41, 5.74) is 15.5. The molecule has 266 valence electrons. The first-order valence-electron chi connectivity index (χ1n) is 19.3. The van der Waals surface area contributed by atoms with Gasteiger partial charge in [-0.15, -0.1) is 0 Å². The highest BCUT2D eigenvalue weighted by molar-refractivity contribution is 6.15. The fourth-order valence-electron chi connectivity index (χ4n) is 8.31. The highest BCUT2D eigenvalue weighted by atomic mass is 15.2. The van der Waals surface area contributed by atoms with Crippen molar-refractivity contribution in [3.8, 4) is 67.3 Å². The fourth-order valence-corrected chi connectivity index (χ4v) is 8.31. The molecule has 0 atom stereocenters. The van der Waals surface area contributed by atoms with E-state index in [2.05, 4.69) is 193 Å². The van der Waals surface area contributed by atoms with Gasteiger partial charge >= 0.3 is 0 Å². The van der Waals surface area contributed by atoms with E-state index in [1.54, 1.807) is 0 Å². The molecule has 0 aliphatic carbocycles. The minimum absolute atomic E-state index is 0.900. The van der Waals surface area contributed by atoms with Crippen LogP contribution < -0.4 is 0 Å². The van der Waals surface area contributed by atoms with Gasteiger partial charge in [0.15, 0.2) is 0 Å². The highest BCUT2D eigenvalue weighted by Crippen LogP contribution is 2.46. The predicted octanol–water partition coefficient (Wildman–Crippen LogP) is 13.6. The second kappa shape index (κ2) is 13.6. The Hall–Kier alpha value is -7.69. The van der Waals surface area contributed by atoms with Crippen LogP contribution in [-0.4, -0.2) is 19.6 Å². The third-order valence-corrected chi connectivity index (χ3v) is 11.0. The van der Waals surface area contributed by atoms with E-state index >= 15 is 0 Å². The van der Waals surface area contributed by atoms with E-state index in [1.165, 1.54) is 5.39 Å². The van der Waals surface area contributed by atoms with E-state index in [-0.39, 0.29) is 0 Å². The summed E-state index contributed by atoms with van der Waals surface area (Å²) in [6.07, 6.45) is 0. The number of nitrogens with zero attached hydrogens (tertiary/aromatic N) is 4. The van der Waals surface area contributed by atoms with Gasteiger partial charge in [-0.2, -0.15) is 5.10 Å². The van der Waals surface area contributed by atoms with Crippen LogP contribution in [0.3, 0.4) is 0 Å². The molecule has 0 N–H and O–H groups in total. The fraction of sp³-hybridized carbons (Fsp3) is 0. The van der Waals surface area contributed by atoms with Crippen LogP contribution in [0, 0.1) is 0 Å². The summed E-state index contributed by atoms with van der Waals surface area (Å²) >= 11 is 0. The number of hydrogen-bond donors (Lipinski definition) is 0. The molecule has 0 amide bonds. The van der Waals surface area contributed by atoms with Crippen LogP contribution >= 0.6 is 0 Å². The third-order valence-electron chi connectivity index (χ3n) is 11.0. The number of rotatable bonds is 6. The second-order valence-corrected chi connectivity index (χ2v) is 14.4. The topological polar surface area (TPSA) is 43.1 Å². The van der Waals surface area contributed by atoms with E-state index in [1.807, 2.05) is 18.2 Å². The lowest BCUT2D eigenvalue weighted by molar-refractivity contribution is 0.981. The minimum Gasteiger partial charge on any atom is -0.245 e. The lowest BCUT2D eigenvalue weighted by Crippen LogP contribution is -2.00. The van der Waals surface area contributed by atoms with Crippen LogP contribution in [-0.2, 0) is 0 Å². The van der Waals surface area contributed by atoms with Gasteiger partial charge in [0, 0.05) is 49.5 Å². The van der Waals surface area contributed by atoms with Crippen molar-refractivity contribution >= 4 is 38.1 Å². The van der Waals surface area contributed by atoms with Crippen molar-refractivity contribution in [2.24, 2.45) is 0 Å². The average Bonchev–Trinajstić information content (AvgIpc) is 3.70. The molecule has 0 unspecified atom stereocenters. The first-order chi connectivity index (χ1) is 28.3. The zero-order valence-electron chi connectivity index (χ0n) is 30.9. The summed E-state index contributed by atoms with van der Waals surface area (Å²) in [4.78, 5) is 10.4. The molecule has 0 aliphatic rings. The molecule has 57 heavy (non-hydrogen) atoms. The van der Waals surface area contributed by atoms with Gasteiger partial charge in [-0.05, 0) is 28.6 Å². The Kier molecular flexibility index (Phi) is 7.78. The average molecular weight is 727 g/mol. The lowest BCUT2D eigenvalue weighted by Gasteiger charge is -2.18. The van der Waals surface area contributed by atoms with Crippen molar-refractivity contribution in [3.63, 3.8) is 0 Å². The number of aromatic nitrogens is 4. The Morgan fingerprint density at radius 1 is 0.316 bits per heavy atom. The molecule has 4 heteroatoms. The van der Waals surface area contributed by atoms with Crippen LogP contribution in [0.5, 0.6) is 0 Å². The van der Waals surface area contributed by atoms with Gasteiger partial charge < -0.3 is 0 Å². The van der Waals surface area contributed by atoms with Crippen molar-refractivity contribution in [3.05, 3.63) is 206 Å². The standard InChI is InChI=1S/C53H34N4/c1-5-15-35(16-6-1)45-33-31-40-29-30-41-32-34-46(55-51(41)50(40)54-45)36-25-27-38(28-26-36)47-43-23-13-14-24-44(43)53-48(37-17-7-2-8-18-37)49(39-19-9-3-10-20-39)56-57(53)52(47)42-21-11-4-12-22-42/h1-34H. The molecule has 4 nitrogen and oxygen atoms in total. The Balaban J connectivity index is 1.12. The Bertz CT molecular complexity index is 3250. The first-order valence-corrected chi connectivity index (χ1v) is 19.3. The zero-order chi connectivity index (χ0) is 37.7. The summed E-state index contributed by atoms with van der Waals surface area (Å²) in [6.45, 7) is 0. The van der Waals surface area contributed by atoms with E-state index in [0.29, 0.717) is 0 Å². The molecule has 0 fully saturated rings. The minimum atomic E-state index is 0.900. The SMILES string of the molecule is c1ccc(-c2ccc3ccc4ccc(-c5ccc(-c6c(-c7ccccc7)n7nc(-c8ccccc8)c(-c8ccccc8)c7c7ccccc67)cc5)nc4c3n2)cc1. The Morgan fingerprint density at radius 2 is 0.737 bits per heavy atom. The van der Waals surface area contributed by atoms with Crippen molar-refractivity contribution in [2.45, 2.75) is 0 Å². The maximum absolute atomic E-state index is 5.52. The molecular weight excluding hydrogens is 693 g/mol. The van der Waals surface area contributed by atoms with Crippen molar-refractivity contribution < 1.29 is 0 Å². The van der Waals surface area contributed by atoms with Crippen molar-refractivity contribution in [1.29, 1.82) is 0 Å². The second-order valence-electron chi connectivity index (χ2n) is 14.4. The highest BCUT2D eigenvalue weighted by Gasteiger charge is 2.25. The van der Waals surface area contributed by atoms with Gasteiger partial charge in [0.1, 0.15) is 5.69 Å². The molecule has 0 saturated heterocycles. The molecule has 0 saturated carbocycles. The molecule has 0 aliphatic heterocycles. The summed E-state index contributed by atoms with van der Waals surface area (Å²) < 4.78 is 2.19. The largest absolute Gasteiger partial charge is 0.245 e. The normalized spacial score (nSPS) is 11.5. The van der Waals surface area contributed by atoms with Crippen LogP contribution in [0.2, 0.25) is 0 Å². The van der Waals surface area contributed by atoms with Gasteiger partial charge in [-0.25, -0.2) is 14.5 Å². The molecule has 4 heterocycles. The van der Waals surface area contributed by atoms with E-state index in [9.17, 15) is 0 Å². The predicted molar refractivity (Wildman–Crippen MR) is 236 cm³/mol. The summed E-state index contributed by atoms with van der Waals surface area (Å²) in [6, 6.07) is 72.6. The first kappa shape index (κ1) is 32.7. The van der Waals surface area contributed by atoms with Crippen LogP contribution in [0.1, 0.15) is 0 Å². The number of hydrogen-bond acceptors (Lipinski definition) is 3. The van der Waals surface area contributed by atoms with Gasteiger partial charge in [0.05, 0.1) is 33.6 Å². The molecule has 0 radical (unpaired) electrons. The van der Waals surface area contributed by atoms with Gasteiger partial charge in [0.25, 0.3) is 0 Å². The number of benzene rings is 7. The van der Waals surface area contributed by atoms with Crippen molar-refractivity contribution in [1.82, 2.24) is 19.6 Å². The molecule has 0 spiro atoms.